The maximum absolute atomic E-state index is 11.6. The van der Waals surface area contributed by atoms with Gasteiger partial charge in [0.25, 0.3) is 0 Å². The van der Waals surface area contributed by atoms with Crippen LogP contribution in [0.4, 0.5) is 10.5 Å². The van der Waals surface area contributed by atoms with Crippen LogP contribution in [0.5, 0.6) is 0 Å². The smallest absolute Gasteiger partial charge is 0.412 e. The highest BCUT2D eigenvalue weighted by atomic mass is 16.6. The van der Waals surface area contributed by atoms with Crippen LogP contribution in [0.15, 0.2) is 24.3 Å². The van der Waals surface area contributed by atoms with E-state index in [0.29, 0.717) is 11.4 Å². The van der Waals surface area contributed by atoms with Crippen molar-refractivity contribution in [2.24, 2.45) is 0 Å². The average molecular weight is 260 g/mol. The van der Waals surface area contributed by atoms with Gasteiger partial charge in [-0.3, -0.25) is 10.1 Å². The minimum Gasteiger partial charge on any atom is -0.444 e. The number of aldehydes is 1. The van der Waals surface area contributed by atoms with E-state index in [1.807, 2.05) is 0 Å². The van der Waals surface area contributed by atoms with Crippen molar-refractivity contribution in [2.75, 3.05) is 5.32 Å². The first-order valence-corrected chi connectivity index (χ1v) is 5.95. The van der Waals surface area contributed by atoms with Crippen molar-refractivity contribution in [3.05, 3.63) is 30.0 Å². The first-order valence-electron chi connectivity index (χ1n) is 5.95. The fourth-order valence-corrected chi connectivity index (χ4v) is 1.72. The minimum atomic E-state index is -0.535. The fourth-order valence-electron chi connectivity index (χ4n) is 1.72. The number of ether oxygens (including phenoxy) is 1. The van der Waals surface area contributed by atoms with Gasteiger partial charge in [-0.2, -0.15) is 0 Å². The lowest BCUT2D eigenvalue weighted by Gasteiger charge is -2.19. The second-order valence-electron chi connectivity index (χ2n) is 5.27. The van der Waals surface area contributed by atoms with Crippen LogP contribution in [0.3, 0.4) is 0 Å². The molecule has 5 nitrogen and oxygen atoms in total. The van der Waals surface area contributed by atoms with Crippen LogP contribution in [-0.4, -0.2) is 23.0 Å². The quantitative estimate of drug-likeness (QED) is 0.813. The second-order valence-corrected chi connectivity index (χ2v) is 5.27. The molecule has 0 aliphatic heterocycles. The molecule has 0 spiro atoms. The molecule has 100 valence electrons. The minimum absolute atomic E-state index is 0.502. The van der Waals surface area contributed by atoms with Gasteiger partial charge in [-0.15, -0.1) is 0 Å². The molecule has 5 heteroatoms. The van der Waals surface area contributed by atoms with Crippen LogP contribution >= 0.6 is 0 Å². The third-order valence-corrected chi connectivity index (χ3v) is 2.41. The molecule has 1 aromatic heterocycles. The number of hydrogen-bond acceptors (Lipinski definition) is 3. The van der Waals surface area contributed by atoms with Crippen molar-refractivity contribution in [1.82, 2.24) is 4.98 Å². The maximum atomic E-state index is 11.6. The number of carbonyl (C=O) groups excluding carboxylic acids is 2. The van der Waals surface area contributed by atoms with E-state index < -0.39 is 11.7 Å². The molecule has 0 fully saturated rings. The summed E-state index contributed by atoms with van der Waals surface area (Å²) in [5.41, 5.74) is 1.44. The predicted octanol–water partition coefficient (Wildman–Crippen LogP) is 3.33. The Kier molecular flexibility index (Phi) is 3.29. The number of amides is 1. The molecular formula is C14H16N2O3. The third-order valence-electron chi connectivity index (χ3n) is 2.41. The van der Waals surface area contributed by atoms with Crippen LogP contribution in [-0.2, 0) is 4.74 Å². The molecule has 2 rings (SSSR count). The third kappa shape index (κ3) is 3.34. The molecule has 0 radical (unpaired) electrons. The molecule has 0 atom stereocenters. The van der Waals surface area contributed by atoms with Gasteiger partial charge in [0, 0.05) is 16.6 Å². The topological polar surface area (TPSA) is 71.2 Å². The summed E-state index contributed by atoms with van der Waals surface area (Å²) in [5, 5.41) is 3.51. The summed E-state index contributed by atoms with van der Waals surface area (Å²) in [6.07, 6.45) is 0.249. The van der Waals surface area contributed by atoms with Gasteiger partial charge < -0.3 is 9.72 Å². The Morgan fingerprint density at radius 3 is 2.68 bits per heavy atom. The predicted molar refractivity (Wildman–Crippen MR) is 73.5 cm³/mol. The van der Waals surface area contributed by atoms with Crippen molar-refractivity contribution in [2.45, 2.75) is 26.4 Å². The van der Waals surface area contributed by atoms with Crippen LogP contribution < -0.4 is 5.32 Å². The largest absolute Gasteiger partial charge is 0.444 e. The van der Waals surface area contributed by atoms with Gasteiger partial charge in [0.15, 0.2) is 6.29 Å². The second kappa shape index (κ2) is 4.76. The van der Waals surface area contributed by atoms with Crippen molar-refractivity contribution in [1.29, 1.82) is 0 Å². The van der Waals surface area contributed by atoms with Crippen LogP contribution in [0.2, 0.25) is 0 Å². The van der Waals surface area contributed by atoms with Gasteiger partial charge in [0.1, 0.15) is 5.60 Å². The summed E-state index contributed by atoms with van der Waals surface area (Å²) >= 11 is 0. The lowest BCUT2D eigenvalue weighted by Crippen LogP contribution is -2.27. The lowest BCUT2D eigenvalue weighted by molar-refractivity contribution is 0.0636. The molecular weight excluding hydrogens is 244 g/mol. The summed E-state index contributed by atoms with van der Waals surface area (Å²) in [4.78, 5) is 25.3. The van der Waals surface area contributed by atoms with Gasteiger partial charge in [-0.05, 0) is 45.0 Å². The van der Waals surface area contributed by atoms with Crippen molar-refractivity contribution >= 4 is 29.0 Å². The van der Waals surface area contributed by atoms with Crippen molar-refractivity contribution in [3.63, 3.8) is 0 Å². The van der Waals surface area contributed by atoms with Gasteiger partial charge in [0.05, 0.1) is 5.69 Å². The number of H-pyrrole nitrogens is 1. The van der Waals surface area contributed by atoms with Gasteiger partial charge in [-0.25, -0.2) is 4.79 Å². The standard InChI is InChI=1S/C14H16N2O3/c1-14(2,3)19-13(18)16-10-4-5-12-9(6-10)7-11(8-17)15-12/h4-8,15H,1-3H3,(H,16,18). The number of fused-ring (bicyclic) bond motifs is 1. The van der Waals surface area contributed by atoms with E-state index in [1.165, 1.54) is 0 Å². The Morgan fingerprint density at radius 2 is 2.05 bits per heavy atom. The van der Waals surface area contributed by atoms with E-state index in [4.69, 9.17) is 4.74 Å². The molecule has 1 amide bonds. The van der Waals surface area contributed by atoms with Gasteiger partial charge in [0.2, 0.25) is 0 Å². The zero-order valence-corrected chi connectivity index (χ0v) is 11.1. The molecule has 0 unspecified atom stereocenters. The molecule has 0 aliphatic carbocycles. The van der Waals surface area contributed by atoms with Gasteiger partial charge >= 0.3 is 6.09 Å². The lowest BCUT2D eigenvalue weighted by atomic mass is 10.2. The first kappa shape index (κ1) is 13.1. The number of anilines is 1. The molecule has 0 saturated heterocycles. The summed E-state index contributed by atoms with van der Waals surface area (Å²) in [6.45, 7) is 5.41. The maximum Gasteiger partial charge on any atom is 0.412 e. The van der Waals surface area contributed by atoms with Crippen LogP contribution in [0.25, 0.3) is 10.9 Å². The van der Waals surface area contributed by atoms with Crippen LogP contribution in [0, 0.1) is 0 Å². The van der Waals surface area contributed by atoms with E-state index in [0.717, 1.165) is 17.2 Å². The summed E-state index contributed by atoms with van der Waals surface area (Å²) in [5.74, 6) is 0. The van der Waals surface area contributed by atoms with E-state index >= 15 is 0 Å². The number of benzene rings is 1. The number of nitrogens with one attached hydrogen (secondary N) is 2. The molecule has 0 saturated carbocycles. The number of aromatic nitrogens is 1. The highest BCUT2D eigenvalue weighted by molar-refractivity contribution is 5.93. The Morgan fingerprint density at radius 1 is 1.32 bits per heavy atom. The van der Waals surface area contributed by atoms with Crippen molar-refractivity contribution in [3.8, 4) is 0 Å². The molecule has 1 heterocycles. The summed E-state index contributed by atoms with van der Waals surface area (Å²) in [7, 11) is 0. The average Bonchev–Trinajstić information content (AvgIpc) is 2.68. The first-order chi connectivity index (χ1) is 8.87. The Hall–Kier alpha value is -2.30. The Labute approximate surface area is 110 Å². The van der Waals surface area contributed by atoms with E-state index in [9.17, 15) is 9.59 Å². The highest BCUT2D eigenvalue weighted by Crippen LogP contribution is 2.20. The zero-order valence-electron chi connectivity index (χ0n) is 11.1. The highest BCUT2D eigenvalue weighted by Gasteiger charge is 2.16. The molecule has 1 aromatic carbocycles. The number of hydrogen-bond donors (Lipinski definition) is 2. The normalized spacial score (nSPS) is 11.3. The molecule has 2 aromatic rings. The Balaban J connectivity index is 2.17. The molecule has 2 N–H and O–H groups in total. The van der Waals surface area contributed by atoms with E-state index in [2.05, 4.69) is 10.3 Å². The number of carbonyl (C=O) groups is 2. The van der Waals surface area contributed by atoms with E-state index in [-0.39, 0.29) is 0 Å². The van der Waals surface area contributed by atoms with Crippen molar-refractivity contribution < 1.29 is 14.3 Å². The van der Waals surface area contributed by atoms with E-state index in [1.54, 1.807) is 45.0 Å². The monoisotopic (exact) mass is 260 g/mol. The molecule has 19 heavy (non-hydrogen) atoms. The summed E-state index contributed by atoms with van der Waals surface area (Å²) in [6, 6.07) is 7.05. The molecule has 0 bridgehead atoms. The SMILES string of the molecule is CC(C)(C)OC(=O)Nc1ccc2[nH]c(C=O)cc2c1. The molecule has 0 aliphatic rings. The number of rotatable bonds is 2. The Bertz CT molecular complexity index is 623. The zero-order chi connectivity index (χ0) is 14.0. The summed E-state index contributed by atoms with van der Waals surface area (Å²) < 4.78 is 5.17. The van der Waals surface area contributed by atoms with Crippen LogP contribution in [0.1, 0.15) is 31.3 Å². The van der Waals surface area contributed by atoms with Gasteiger partial charge in [-0.1, -0.05) is 0 Å². The number of aromatic amines is 1. The fraction of sp³-hybridized carbons (Fsp3) is 0.286.